The Hall–Kier alpha value is -2.24. The minimum Gasteiger partial charge on any atom is -0.482 e. The molecular formula is C15H23N3O3. The highest BCUT2D eigenvalue weighted by atomic mass is 16.5. The van der Waals surface area contributed by atoms with Gasteiger partial charge in [0.25, 0.3) is 11.8 Å². The molecule has 0 spiro atoms. The molecule has 1 rings (SSSR count). The summed E-state index contributed by atoms with van der Waals surface area (Å²) in [7, 11) is 1.52. The first-order valence-corrected chi connectivity index (χ1v) is 7.09. The van der Waals surface area contributed by atoms with E-state index in [-0.39, 0.29) is 18.4 Å². The molecule has 0 heterocycles. The molecular weight excluding hydrogens is 270 g/mol. The lowest BCUT2D eigenvalue weighted by Gasteiger charge is -2.10. The second-order valence-electron chi connectivity index (χ2n) is 4.68. The number of benzene rings is 1. The van der Waals surface area contributed by atoms with Gasteiger partial charge in [-0.1, -0.05) is 19.8 Å². The van der Waals surface area contributed by atoms with Crippen LogP contribution in [0.4, 0.5) is 5.69 Å². The molecule has 0 bridgehead atoms. The second kappa shape index (κ2) is 8.84. The first-order valence-electron chi connectivity index (χ1n) is 7.09. The number of likely N-dealkylation sites (N-methyl/N-ethyl adjacent to an activating group) is 1. The van der Waals surface area contributed by atoms with Gasteiger partial charge in [-0.3, -0.25) is 9.59 Å². The van der Waals surface area contributed by atoms with Crippen LogP contribution in [0.25, 0.3) is 0 Å². The van der Waals surface area contributed by atoms with Crippen molar-refractivity contribution in [2.24, 2.45) is 0 Å². The summed E-state index contributed by atoms with van der Waals surface area (Å²) in [5.41, 5.74) is 6.62. The Balaban J connectivity index is 2.62. The van der Waals surface area contributed by atoms with Crippen LogP contribution in [-0.2, 0) is 4.79 Å². The maximum absolute atomic E-state index is 12.0. The zero-order chi connectivity index (χ0) is 15.7. The molecule has 0 aliphatic heterocycles. The van der Waals surface area contributed by atoms with E-state index in [0.29, 0.717) is 23.5 Å². The standard InChI is InChI=1S/C15H23N3O3/c1-3-4-5-8-18-15(20)11-6-7-12(16)13(9-11)21-10-14(19)17-2/h6-7,9H,3-5,8,10,16H2,1-2H3,(H,17,19)(H,18,20). The van der Waals surface area contributed by atoms with E-state index in [4.69, 9.17) is 10.5 Å². The van der Waals surface area contributed by atoms with Gasteiger partial charge >= 0.3 is 0 Å². The van der Waals surface area contributed by atoms with Gasteiger partial charge in [-0.15, -0.1) is 0 Å². The van der Waals surface area contributed by atoms with Crippen molar-refractivity contribution < 1.29 is 14.3 Å². The molecule has 1 aromatic carbocycles. The highest BCUT2D eigenvalue weighted by molar-refractivity contribution is 5.95. The molecule has 0 aromatic heterocycles. The van der Waals surface area contributed by atoms with Gasteiger partial charge in [0, 0.05) is 19.2 Å². The van der Waals surface area contributed by atoms with Gasteiger partial charge in [0.1, 0.15) is 5.75 Å². The molecule has 6 heteroatoms. The van der Waals surface area contributed by atoms with Crippen molar-refractivity contribution in [1.82, 2.24) is 10.6 Å². The van der Waals surface area contributed by atoms with Crippen LogP contribution in [0.3, 0.4) is 0 Å². The summed E-state index contributed by atoms with van der Waals surface area (Å²) < 4.78 is 5.31. The maximum atomic E-state index is 12.0. The van der Waals surface area contributed by atoms with E-state index in [1.165, 1.54) is 7.05 Å². The number of ether oxygens (including phenoxy) is 1. The lowest BCUT2D eigenvalue weighted by atomic mass is 10.1. The van der Waals surface area contributed by atoms with E-state index in [0.717, 1.165) is 19.3 Å². The van der Waals surface area contributed by atoms with E-state index in [1.54, 1.807) is 18.2 Å². The quantitative estimate of drug-likeness (QED) is 0.497. The number of carbonyl (C=O) groups excluding carboxylic acids is 2. The molecule has 1 aromatic rings. The van der Waals surface area contributed by atoms with E-state index in [9.17, 15) is 9.59 Å². The van der Waals surface area contributed by atoms with Crippen LogP contribution in [0.5, 0.6) is 5.75 Å². The third kappa shape index (κ3) is 5.72. The number of carbonyl (C=O) groups is 2. The predicted molar refractivity (Wildman–Crippen MR) is 82.3 cm³/mol. The Kier molecular flexibility index (Phi) is 7.08. The van der Waals surface area contributed by atoms with Gasteiger partial charge in [-0.25, -0.2) is 0 Å². The van der Waals surface area contributed by atoms with E-state index < -0.39 is 0 Å². The number of nitrogens with two attached hydrogens (primary N) is 1. The maximum Gasteiger partial charge on any atom is 0.257 e. The first-order chi connectivity index (χ1) is 10.1. The Morgan fingerprint density at radius 2 is 2.05 bits per heavy atom. The minimum absolute atomic E-state index is 0.137. The number of nitrogen functional groups attached to an aromatic ring is 1. The lowest BCUT2D eigenvalue weighted by molar-refractivity contribution is -0.122. The van der Waals surface area contributed by atoms with Gasteiger partial charge < -0.3 is 21.1 Å². The Morgan fingerprint density at radius 1 is 1.29 bits per heavy atom. The van der Waals surface area contributed by atoms with Crippen molar-refractivity contribution in [3.05, 3.63) is 23.8 Å². The predicted octanol–water partition coefficient (Wildman–Crippen LogP) is 1.31. The van der Waals surface area contributed by atoms with E-state index in [1.807, 2.05) is 0 Å². The Morgan fingerprint density at radius 3 is 2.71 bits per heavy atom. The van der Waals surface area contributed by atoms with Gasteiger partial charge in [0.2, 0.25) is 0 Å². The fourth-order valence-corrected chi connectivity index (χ4v) is 1.70. The third-order valence-electron chi connectivity index (χ3n) is 2.98. The van der Waals surface area contributed by atoms with Crippen molar-refractivity contribution >= 4 is 17.5 Å². The molecule has 0 aliphatic carbocycles. The number of anilines is 1. The molecule has 21 heavy (non-hydrogen) atoms. The number of amides is 2. The van der Waals surface area contributed by atoms with E-state index in [2.05, 4.69) is 17.6 Å². The van der Waals surface area contributed by atoms with Crippen LogP contribution in [0.15, 0.2) is 18.2 Å². The number of hydrogen-bond acceptors (Lipinski definition) is 4. The van der Waals surface area contributed by atoms with Crippen molar-refractivity contribution in [2.45, 2.75) is 26.2 Å². The van der Waals surface area contributed by atoms with Crippen molar-refractivity contribution in [3.8, 4) is 5.75 Å². The fraction of sp³-hybridized carbons (Fsp3) is 0.467. The largest absolute Gasteiger partial charge is 0.482 e. The van der Waals surface area contributed by atoms with Crippen LogP contribution in [0.1, 0.15) is 36.5 Å². The van der Waals surface area contributed by atoms with Crippen molar-refractivity contribution in [1.29, 1.82) is 0 Å². The monoisotopic (exact) mass is 293 g/mol. The Labute approximate surface area is 125 Å². The Bertz CT molecular complexity index is 489. The molecule has 0 unspecified atom stereocenters. The lowest BCUT2D eigenvalue weighted by Crippen LogP contribution is -2.26. The first kappa shape index (κ1) is 16.8. The summed E-state index contributed by atoms with van der Waals surface area (Å²) in [5, 5.41) is 5.29. The topological polar surface area (TPSA) is 93.5 Å². The molecule has 0 fully saturated rings. The molecule has 4 N–H and O–H groups in total. The average Bonchev–Trinajstić information content (AvgIpc) is 2.50. The smallest absolute Gasteiger partial charge is 0.257 e. The van der Waals surface area contributed by atoms with E-state index >= 15 is 0 Å². The number of nitrogens with one attached hydrogen (secondary N) is 2. The minimum atomic E-state index is -0.260. The van der Waals surface area contributed by atoms with Gasteiger partial charge in [-0.05, 0) is 24.6 Å². The van der Waals surface area contributed by atoms with Crippen LogP contribution >= 0.6 is 0 Å². The highest BCUT2D eigenvalue weighted by Crippen LogP contribution is 2.22. The number of hydrogen-bond donors (Lipinski definition) is 3. The molecule has 0 radical (unpaired) electrons. The summed E-state index contributed by atoms with van der Waals surface area (Å²) in [4.78, 5) is 23.1. The van der Waals surface area contributed by atoms with Gasteiger partial charge in [0.15, 0.2) is 6.61 Å². The fourth-order valence-electron chi connectivity index (χ4n) is 1.70. The van der Waals surface area contributed by atoms with Crippen LogP contribution in [-0.4, -0.2) is 32.0 Å². The molecule has 0 saturated carbocycles. The zero-order valence-corrected chi connectivity index (χ0v) is 12.6. The molecule has 2 amide bonds. The average molecular weight is 293 g/mol. The summed E-state index contributed by atoms with van der Waals surface area (Å²) >= 11 is 0. The third-order valence-corrected chi connectivity index (χ3v) is 2.98. The summed E-state index contributed by atoms with van der Waals surface area (Å²) in [5.74, 6) is -0.0977. The van der Waals surface area contributed by atoms with Crippen molar-refractivity contribution in [3.63, 3.8) is 0 Å². The van der Waals surface area contributed by atoms with Crippen LogP contribution in [0, 0.1) is 0 Å². The highest BCUT2D eigenvalue weighted by Gasteiger charge is 2.10. The normalized spacial score (nSPS) is 10.0. The van der Waals surface area contributed by atoms with Gasteiger partial charge in [-0.2, -0.15) is 0 Å². The molecule has 0 aliphatic rings. The zero-order valence-electron chi connectivity index (χ0n) is 12.6. The van der Waals surface area contributed by atoms with Gasteiger partial charge in [0.05, 0.1) is 5.69 Å². The molecule has 116 valence electrons. The van der Waals surface area contributed by atoms with Crippen LogP contribution < -0.4 is 21.1 Å². The SMILES string of the molecule is CCCCCNC(=O)c1ccc(N)c(OCC(=O)NC)c1. The summed E-state index contributed by atoms with van der Waals surface area (Å²) in [6.07, 6.45) is 3.15. The summed E-state index contributed by atoms with van der Waals surface area (Å²) in [6.45, 7) is 2.62. The number of rotatable bonds is 8. The molecule has 0 atom stereocenters. The van der Waals surface area contributed by atoms with Crippen molar-refractivity contribution in [2.75, 3.05) is 25.9 Å². The van der Waals surface area contributed by atoms with Crippen LogP contribution in [0.2, 0.25) is 0 Å². The number of unbranched alkanes of at least 4 members (excludes halogenated alkanes) is 2. The second-order valence-corrected chi connectivity index (χ2v) is 4.68. The summed E-state index contributed by atoms with van der Waals surface area (Å²) in [6, 6.07) is 4.78. The molecule has 0 saturated heterocycles. The molecule has 6 nitrogen and oxygen atoms in total.